The molecule has 1 fully saturated rings. The third-order valence-corrected chi connectivity index (χ3v) is 4.59. The van der Waals surface area contributed by atoms with Crippen molar-refractivity contribution in [3.05, 3.63) is 64.8 Å². The molecule has 3 rings (SSSR count). The van der Waals surface area contributed by atoms with Crippen molar-refractivity contribution in [1.29, 1.82) is 0 Å². The number of thioether (sulfide) groups is 1. The zero-order chi connectivity index (χ0) is 18.5. The predicted molar refractivity (Wildman–Crippen MR) is 97.6 cm³/mol. The minimum absolute atomic E-state index is 0.127. The maximum absolute atomic E-state index is 12.9. The topological polar surface area (TPSA) is 55.8 Å². The van der Waals surface area contributed by atoms with Crippen LogP contribution in [0.1, 0.15) is 5.56 Å². The summed E-state index contributed by atoms with van der Waals surface area (Å²) in [5.74, 6) is 0.492. The monoisotopic (exact) mass is 373 g/mol. The Hall–Kier alpha value is -2.80. The highest BCUT2D eigenvalue weighted by Crippen LogP contribution is 2.32. The maximum atomic E-state index is 12.9. The third-order valence-electron chi connectivity index (χ3n) is 3.68. The number of hydrogen-bond donors (Lipinski definition) is 0. The van der Waals surface area contributed by atoms with Crippen molar-refractivity contribution < 1.29 is 23.5 Å². The zero-order valence-electron chi connectivity index (χ0n) is 14.0. The highest BCUT2D eigenvalue weighted by atomic mass is 32.2. The van der Waals surface area contributed by atoms with Crippen molar-refractivity contribution in [2.24, 2.45) is 0 Å². The lowest BCUT2D eigenvalue weighted by molar-refractivity contribution is -0.123. The number of amides is 2. The molecule has 1 heterocycles. The first-order valence-corrected chi connectivity index (χ1v) is 8.66. The summed E-state index contributed by atoms with van der Waals surface area (Å²) < 4.78 is 23.4. The number of carbonyl (C=O) groups is 2. The van der Waals surface area contributed by atoms with Gasteiger partial charge in [0.15, 0.2) is 0 Å². The average Bonchev–Trinajstić information content (AvgIpc) is 2.91. The minimum atomic E-state index is -0.355. The molecule has 7 heteroatoms. The SMILES string of the molecule is COc1ccc(/C=C2\SC(=O)N(CCOc3ccc(F)cc3)C2=O)cc1. The van der Waals surface area contributed by atoms with E-state index in [1.165, 1.54) is 24.3 Å². The second kappa shape index (κ2) is 8.05. The summed E-state index contributed by atoms with van der Waals surface area (Å²) in [6, 6.07) is 12.7. The van der Waals surface area contributed by atoms with Gasteiger partial charge in [-0.1, -0.05) is 12.1 Å². The van der Waals surface area contributed by atoms with Crippen LogP contribution in [0.2, 0.25) is 0 Å². The highest BCUT2D eigenvalue weighted by molar-refractivity contribution is 8.18. The second-order valence-corrected chi connectivity index (χ2v) is 6.40. The van der Waals surface area contributed by atoms with Crippen molar-refractivity contribution in [1.82, 2.24) is 4.90 Å². The Morgan fingerprint density at radius 3 is 2.35 bits per heavy atom. The van der Waals surface area contributed by atoms with Gasteiger partial charge in [0, 0.05) is 0 Å². The molecular formula is C19H16FNO4S. The molecule has 1 aliphatic heterocycles. The molecule has 2 amide bonds. The molecule has 0 spiro atoms. The molecule has 0 aliphatic carbocycles. The number of benzene rings is 2. The van der Waals surface area contributed by atoms with Gasteiger partial charge in [-0.15, -0.1) is 0 Å². The number of hydrogen-bond acceptors (Lipinski definition) is 5. The third kappa shape index (κ3) is 4.23. The number of halogens is 1. The first-order valence-electron chi connectivity index (χ1n) is 7.84. The van der Waals surface area contributed by atoms with Gasteiger partial charge in [-0.25, -0.2) is 4.39 Å². The van der Waals surface area contributed by atoms with E-state index in [-0.39, 0.29) is 30.1 Å². The molecule has 1 aliphatic rings. The number of imide groups is 1. The molecule has 2 aromatic carbocycles. The Morgan fingerprint density at radius 1 is 1.04 bits per heavy atom. The van der Waals surface area contributed by atoms with Gasteiger partial charge in [0.2, 0.25) is 0 Å². The maximum Gasteiger partial charge on any atom is 0.293 e. The molecule has 0 saturated carbocycles. The molecule has 0 atom stereocenters. The van der Waals surface area contributed by atoms with Crippen LogP contribution in [0.3, 0.4) is 0 Å². The van der Waals surface area contributed by atoms with E-state index in [4.69, 9.17) is 9.47 Å². The Balaban J connectivity index is 1.60. The lowest BCUT2D eigenvalue weighted by atomic mass is 10.2. The van der Waals surface area contributed by atoms with Gasteiger partial charge >= 0.3 is 0 Å². The van der Waals surface area contributed by atoms with Gasteiger partial charge in [0.25, 0.3) is 11.1 Å². The van der Waals surface area contributed by atoms with Crippen LogP contribution in [0.15, 0.2) is 53.4 Å². The van der Waals surface area contributed by atoms with Crippen molar-refractivity contribution in [2.45, 2.75) is 0 Å². The van der Waals surface area contributed by atoms with E-state index in [2.05, 4.69) is 0 Å². The summed E-state index contributed by atoms with van der Waals surface area (Å²) in [6.07, 6.45) is 1.67. The number of methoxy groups -OCH3 is 1. The normalized spacial score (nSPS) is 15.6. The predicted octanol–water partition coefficient (Wildman–Crippen LogP) is 3.95. The van der Waals surface area contributed by atoms with Gasteiger partial charge in [-0.2, -0.15) is 0 Å². The molecule has 0 unspecified atom stereocenters. The lowest BCUT2D eigenvalue weighted by Crippen LogP contribution is -2.32. The first kappa shape index (κ1) is 18.0. The summed E-state index contributed by atoms with van der Waals surface area (Å²) >= 11 is 0.897. The standard InChI is InChI=1S/C19H16FNO4S/c1-24-15-6-2-13(3-7-15)12-17-18(22)21(19(23)26-17)10-11-25-16-8-4-14(20)5-9-16/h2-9,12H,10-11H2,1H3/b17-12-. The fraction of sp³-hybridized carbons (Fsp3) is 0.158. The zero-order valence-corrected chi connectivity index (χ0v) is 14.8. The number of rotatable bonds is 6. The summed E-state index contributed by atoms with van der Waals surface area (Å²) in [7, 11) is 1.58. The van der Waals surface area contributed by atoms with E-state index < -0.39 is 0 Å². The minimum Gasteiger partial charge on any atom is -0.497 e. The van der Waals surface area contributed by atoms with Crippen LogP contribution in [0.25, 0.3) is 6.08 Å². The molecule has 1 saturated heterocycles. The molecule has 134 valence electrons. The van der Waals surface area contributed by atoms with Gasteiger partial charge in [-0.3, -0.25) is 14.5 Å². The number of nitrogens with zero attached hydrogens (tertiary/aromatic N) is 1. The van der Waals surface area contributed by atoms with Crippen LogP contribution < -0.4 is 9.47 Å². The molecular weight excluding hydrogens is 357 g/mol. The number of carbonyl (C=O) groups excluding carboxylic acids is 2. The Morgan fingerprint density at radius 2 is 1.69 bits per heavy atom. The van der Waals surface area contributed by atoms with Crippen LogP contribution in [-0.4, -0.2) is 36.3 Å². The van der Waals surface area contributed by atoms with E-state index in [1.54, 1.807) is 25.3 Å². The molecule has 0 N–H and O–H groups in total. The van der Waals surface area contributed by atoms with Crippen LogP contribution >= 0.6 is 11.8 Å². The summed E-state index contributed by atoms with van der Waals surface area (Å²) in [5.41, 5.74) is 0.805. The lowest BCUT2D eigenvalue weighted by Gasteiger charge is -2.13. The molecule has 26 heavy (non-hydrogen) atoms. The van der Waals surface area contributed by atoms with Crippen LogP contribution in [0.4, 0.5) is 9.18 Å². The van der Waals surface area contributed by atoms with Crippen molar-refractivity contribution >= 4 is 29.0 Å². The average molecular weight is 373 g/mol. The Kier molecular flexibility index (Phi) is 5.58. The van der Waals surface area contributed by atoms with E-state index in [9.17, 15) is 14.0 Å². The van der Waals surface area contributed by atoms with E-state index >= 15 is 0 Å². The molecule has 0 aromatic heterocycles. The van der Waals surface area contributed by atoms with E-state index in [0.717, 1.165) is 22.2 Å². The van der Waals surface area contributed by atoms with E-state index in [0.29, 0.717) is 16.4 Å². The van der Waals surface area contributed by atoms with Gasteiger partial charge in [0.05, 0.1) is 18.6 Å². The van der Waals surface area contributed by atoms with Gasteiger partial charge in [-0.05, 0) is 59.8 Å². The van der Waals surface area contributed by atoms with Crippen LogP contribution in [0.5, 0.6) is 11.5 Å². The molecule has 5 nitrogen and oxygen atoms in total. The number of ether oxygens (including phenoxy) is 2. The largest absolute Gasteiger partial charge is 0.497 e. The van der Waals surface area contributed by atoms with E-state index in [1.807, 2.05) is 12.1 Å². The molecule has 0 radical (unpaired) electrons. The first-order chi connectivity index (χ1) is 12.6. The highest BCUT2D eigenvalue weighted by Gasteiger charge is 2.34. The van der Waals surface area contributed by atoms with Crippen molar-refractivity contribution in [2.75, 3.05) is 20.3 Å². The quantitative estimate of drug-likeness (QED) is 0.718. The molecule has 0 bridgehead atoms. The van der Waals surface area contributed by atoms with Crippen molar-refractivity contribution in [3.63, 3.8) is 0 Å². The van der Waals surface area contributed by atoms with Gasteiger partial charge in [0.1, 0.15) is 23.9 Å². The summed E-state index contributed by atoms with van der Waals surface area (Å²) in [5, 5.41) is -0.336. The van der Waals surface area contributed by atoms with Gasteiger partial charge < -0.3 is 9.47 Å². The second-order valence-electron chi connectivity index (χ2n) is 5.41. The smallest absolute Gasteiger partial charge is 0.293 e. The van der Waals surface area contributed by atoms with Crippen molar-refractivity contribution in [3.8, 4) is 11.5 Å². The Labute approximate surface area is 154 Å². The summed E-state index contributed by atoms with van der Waals surface area (Å²) in [6.45, 7) is 0.265. The summed E-state index contributed by atoms with van der Waals surface area (Å²) in [4.78, 5) is 26.0. The van der Waals surface area contributed by atoms with Crippen LogP contribution in [0, 0.1) is 5.82 Å². The Bertz CT molecular complexity index is 834. The molecule has 2 aromatic rings. The van der Waals surface area contributed by atoms with Crippen LogP contribution in [-0.2, 0) is 4.79 Å². The fourth-order valence-corrected chi connectivity index (χ4v) is 3.19. The fourth-order valence-electron chi connectivity index (χ4n) is 2.33.